The molecule has 1 rings (SSSR count). The van der Waals surface area contributed by atoms with E-state index in [0.29, 0.717) is 0 Å². The Kier molecular flexibility index (Phi) is 5.84. The third kappa shape index (κ3) is 3.56. The third-order valence-corrected chi connectivity index (χ3v) is 2.76. The van der Waals surface area contributed by atoms with E-state index in [9.17, 15) is 0 Å². The summed E-state index contributed by atoms with van der Waals surface area (Å²) in [5, 5.41) is 4.35. The molecule has 1 unspecified atom stereocenters. The lowest BCUT2D eigenvalue weighted by atomic mass is 10.1. The molecule has 1 aromatic heterocycles. The standard InChI is InChI=1S/C12H23N5O/c1-5-6-10(15-13)12-11(18-4)9-14-17(12)8-7-16(2)3/h5,9-10,15H,1,6-8,13H2,2-4H3. The number of likely N-dealkylation sites (N-methyl/N-ethyl adjacent to an activating group) is 1. The van der Waals surface area contributed by atoms with Crippen LogP contribution in [0.4, 0.5) is 0 Å². The number of methoxy groups -OCH3 is 1. The first-order valence-electron chi connectivity index (χ1n) is 5.95. The summed E-state index contributed by atoms with van der Waals surface area (Å²) in [7, 11) is 5.70. The number of hydrogen-bond donors (Lipinski definition) is 2. The fourth-order valence-electron chi connectivity index (χ4n) is 1.78. The summed E-state index contributed by atoms with van der Waals surface area (Å²) in [6.45, 7) is 5.44. The van der Waals surface area contributed by atoms with Crippen LogP contribution in [0.25, 0.3) is 0 Å². The van der Waals surface area contributed by atoms with Gasteiger partial charge >= 0.3 is 0 Å². The Hall–Kier alpha value is -1.37. The van der Waals surface area contributed by atoms with Gasteiger partial charge in [-0.25, -0.2) is 0 Å². The largest absolute Gasteiger partial charge is 0.493 e. The predicted molar refractivity (Wildman–Crippen MR) is 72.2 cm³/mol. The van der Waals surface area contributed by atoms with Crippen LogP contribution < -0.4 is 16.0 Å². The van der Waals surface area contributed by atoms with Crippen LogP contribution in [0.3, 0.4) is 0 Å². The molecule has 0 saturated carbocycles. The maximum absolute atomic E-state index is 5.59. The molecule has 0 aliphatic carbocycles. The second kappa shape index (κ2) is 7.15. The molecule has 18 heavy (non-hydrogen) atoms. The molecule has 0 bridgehead atoms. The highest BCUT2D eigenvalue weighted by atomic mass is 16.5. The highest BCUT2D eigenvalue weighted by Gasteiger charge is 2.19. The van der Waals surface area contributed by atoms with Gasteiger partial charge in [0, 0.05) is 6.54 Å². The zero-order valence-electron chi connectivity index (χ0n) is 11.4. The molecule has 3 N–H and O–H groups in total. The van der Waals surface area contributed by atoms with E-state index in [0.717, 1.165) is 31.0 Å². The summed E-state index contributed by atoms with van der Waals surface area (Å²) in [4.78, 5) is 2.11. The van der Waals surface area contributed by atoms with Gasteiger partial charge in [-0.05, 0) is 20.5 Å². The van der Waals surface area contributed by atoms with Crippen molar-refractivity contribution in [2.24, 2.45) is 5.84 Å². The Morgan fingerprint density at radius 2 is 2.39 bits per heavy atom. The number of nitrogens with two attached hydrogens (primary N) is 1. The molecule has 0 aliphatic rings. The molecule has 6 heteroatoms. The second-order valence-corrected chi connectivity index (χ2v) is 4.37. The van der Waals surface area contributed by atoms with Crippen molar-refractivity contribution in [1.29, 1.82) is 0 Å². The van der Waals surface area contributed by atoms with Crippen molar-refractivity contribution < 1.29 is 4.74 Å². The van der Waals surface area contributed by atoms with Crippen LogP contribution in [0.2, 0.25) is 0 Å². The zero-order valence-corrected chi connectivity index (χ0v) is 11.4. The van der Waals surface area contributed by atoms with Gasteiger partial charge in [-0.1, -0.05) is 6.08 Å². The van der Waals surface area contributed by atoms with E-state index >= 15 is 0 Å². The predicted octanol–water partition coefficient (Wildman–Crippen LogP) is 0.534. The first kappa shape index (κ1) is 14.7. The molecule has 1 atom stereocenters. The van der Waals surface area contributed by atoms with E-state index in [-0.39, 0.29) is 6.04 Å². The first-order chi connectivity index (χ1) is 8.63. The first-order valence-corrected chi connectivity index (χ1v) is 5.95. The van der Waals surface area contributed by atoms with Gasteiger partial charge in [-0.15, -0.1) is 6.58 Å². The van der Waals surface area contributed by atoms with Gasteiger partial charge in [0.1, 0.15) is 0 Å². The molecule has 1 aromatic rings. The number of nitrogens with one attached hydrogen (secondary N) is 1. The summed E-state index contributed by atoms with van der Waals surface area (Å²) in [6.07, 6.45) is 4.27. The minimum atomic E-state index is -0.0397. The molecular weight excluding hydrogens is 230 g/mol. The van der Waals surface area contributed by atoms with E-state index in [1.54, 1.807) is 13.3 Å². The van der Waals surface area contributed by atoms with Gasteiger partial charge in [0.15, 0.2) is 5.75 Å². The molecule has 0 amide bonds. The average molecular weight is 253 g/mol. The molecule has 0 aliphatic heterocycles. The van der Waals surface area contributed by atoms with Crippen LogP contribution in [-0.4, -0.2) is 42.4 Å². The Bertz CT molecular complexity index is 375. The molecule has 0 spiro atoms. The maximum Gasteiger partial charge on any atom is 0.161 e. The number of aromatic nitrogens is 2. The van der Waals surface area contributed by atoms with Crippen LogP contribution in [-0.2, 0) is 6.54 Å². The second-order valence-electron chi connectivity index (χ2n) is 4.37. The molecule has 1 heterocycles. The minimum absolute atomic E-state index is 0.0397. The van der Waals surface area contributed by atoms with E-state index in [4.69, 9.17) is 10.6 Å². The van der Waals surface area contributed by atoms with E-state index in [1.807, 2.05) is 24.9 Å². The van der Waals surface area contributed by atoms with E-state index in [2.05, 4.69) is 22.0 Å². The third-order valence-electron chi connectivity index (χ3n) is 2.76. The Morgan fingerprint density at radius 1 is 1.67 bits per heavy atom. The fraction of sp³-hybridized carbons (Fsp3) is 0.583. The summed E-state index contributed by atoms with van der Waals surface area (Å²) in [5.74, 6) is 6.34. The van der Waals surface area contributed by atoms with E-state index < -0.39 is 0 Å². The summed E-state index contributed by atoms with van der Waals surface area (Å²) >= 11 is 0. The Labute approximate surface area is 108 Å². The Morgan fingerprint density at radius 3 is 2.89 bits per heavy atom. The van der Waals surface area contributed by atoms with Crippen LogP contribution in [0.15, 0.2) is 18.9 Å². The summed E-state index contributed by atoms with van der Waals surface area (Å²) in [6, 6.07) is -0.0397. The van der Waals surface area contributed by atoms with Crippen LogP contribution in [0, 0.1) is 0 Å². The Balaban J connectivity index is 2.96. The molecule has 102 valence electrons. The molecule has 0 saturated heterocycles. The van der Waals surface area contributed by atoms with Gasteiger partial charge in [0.25, 0.3) is 0 Å². The maximum atomic E-state index is 5.59. The smallest absolute Gasteiger partial charge is 0.161 e. The number of rotatable bonds is 8. The lowest BCUT2D eigenvalue weighted by Crippen LogP contribution is -2.31. The van der Waals surface area contributed by atoms with Crippen LogP contribution in [0.1, 0.15) is 18.2 Å². The lowest BCUT2D eigenvalue weighted by Gasteiger charge is -2.18. The number of hydrogen-bond acceptors (Lipinski definition) is 5. The van der Waals surface area contributed by atoms with Crippen molar-refractivity contribution in [2.75, 3.05) is 27.7 Å². The molecule has 0 radical (unpaired) electrons. The van der Waals surface area contributed by atoms with Gasteiger partial charge < -0.3 is 9.64 Å². The zero-order chi connectivity index (χ0) is 13.5. The van der Waals surface area contributed by atoms with Gasteiger partial charge in [0.2, 0.25) is 0 Å². The lowest BCUT2D eigenvalue weighted by molar-refractivity contribution is 0.354. The normalized spacial score (nSPS) is 12.7. The van der Waals surface area contributed by atoms with E-state index in [1.165, 1.54) is 0 Å². The number of ether oxygens (including phenoxy) is 1. The van der Waals surface area contributed by atoms with Crippen LogP contribution >= 0.6 is 0 Å². The highest BCUT2D eigenvalue weighted by molar-refractivity contribution is 5.28. The summed E-state index contributed by atoms with van der Waals surface area (Å²) in [5.41, 5.74) is 3.74. The highest BCUT2D eigenvalue weighted by Crippen LogP contribution is 2.26. The summed E-state index contributed by atoms with van der Waals surface area (Å²) < 4.78 is 7.26. The van der Waals surface area contributed by atoms with Gasteiger partial charge in [0.05, 0.1) is 31.6 Å². The molecule has 0 aromatic carbocycles. The number of nitrogens with zero attached hydrogens (tertiary/aromatic N) is 3. The van der Waals surface area contributed by atoms with Crippen molar-refractivity contribution in [3.8, 4) is 5.75 Å². The van der Waals surface area contributed by atoms with Gasteiger partial charge in [-0.2, -0.15) is 5.10 Å². The van der Waals surface area contributed by atoms with Crippen molar-refractivity contribution >= 4 is 0 Å². The number of hydrazine groups is 1. The molecular formula is C12H23N5O. The fourth-order valence-corrected chi connectivity index (χ4v) is 1.78. The monoisotopic (exact) mass is 253 g/mol. The quantitative estimate of drug-likeness (QED) is 0.402. The minimum Gasteiger partial charge on any atom is -0.493 e. The van der Waals surface area contributed by atoms with Crippen molar-refractivity contribution in [3.05, 3.63) is 24.5 Å². The van der Waals surface area contributed by atoms with Crippen molar-refractivity contribution in [3.63, 3.8) is 0 Å². The van der Waals surface area contributed by atoms with Crippen molar-refractivity contribution in [2.45, 2.75) is 19.0 Å². The molecule has 0 fully saturated rings. The van der Waals surface area contributed by atoms with Gasteiger partial charge in [-0.3, -0.25) is 16.0 Å². The van der Waals surface area contributed by atoms with Crippen LogP contribution in [0.5, 0.6) is 5.75 Å². The topological polar surface area (TPSA) is 68.3 Å². The molecule has 6 nitrogen and oxygen atoms in total. The van der Waals surface area contributed by atoms with Crippen molar-refractivity contribution in [1.82, 2.24) is 20.1 Å². The average Bonchev–Trinajstić information content (AvgIpc) is 2.76. The SMILES string of the molecule is C=CCC(NN)c1c(OC)cnn1CCN(C)C.